The van der Waals surface area contributed by atoms with Crippen LogP contribution in [0.25, 0.3) is 17.3 Å². The molecule has 1 amide bonds. The minimum Gasteiger partial charge on any atom is -0.497 e. The first-order chi connectivity index (χ1) is 14.0. The van der Waals surface area contributed by atoms with Crippen LogP contribution in [0.5, 0.6) is 5.75 Å². The monoisotopic (exact) mass is 409 g/mol. The fraction of sp³-hybridized carbons (Fsp3) is 0.136. The van der Waals surface area contributed by atoms with E-state index in [2.05, 4.69) is 10.4 Å². The van der Waals surface area contributed by atoms with E-state index in [1.807, 2.05) is 48.6 Å². The van der Waals surface area contributed by atoms with Crippen molar-refractivity contribution < 1.29 is 9.53 Å². The molecular weight excluding hydrogens is 390 g/mol. The van der Waals surface area contributed by atoms with E-state index in [0.29, 0.717) is 10.7 Å². The molecule has 0 atom stereocenters. The molecule has 6 nitrogen and oxygen atoms in total. The fourth-order valence-electron chi connectivity index (χ4n) is 2.71. The second-order valence-electron chi connectivity index (χ2n) is 6.29. The Hall–Kier alpha value is -3.38. The summed E-state index contributed by atoms with van der Waals surface area (Å²) >= 11 is 5.89. The first kappa shape index (κ1) is 20.4. The molecule has 3 rings (SSSR count). The van der Waals surface area contributed by atoms with Gasteiger partial charge in [0.2, 0.25) is 5.91 Å². The number of amides is 1. The van der Waals surface area contributed by atoms with Crippen LogP contribution in [-0.2, 0) is 11.3 Å². The summed E-state index contributed by atoms with van der Waals surface area (Å²) in [6.07, 6.45) is 3.70. The number of benzene rings is 2. The summed E-state index contributed by atoms with van der Waals surface area (Å²) in [6, 6.07) is 16.2. The second kappa shape index (κ2) is 9.21. The Morgan fingerprint density at radius 2 is 1.86 bits per heavy atom. The topological polar surface area (TPSA) is 73.2 Å². The smallest absolute Gasteiger partial charge is 0.290 e. The van der Waals surface area contributed by atoms with E-state index in [1.54, 1.807) is 25.3 Å². The van der Waals surface area contributed by atoms with E-state index in [9.17, 15) is 9.59 Å². The van der Waals surface area contributed by atoms with E-state index in [0.717, 1.165) is 16.9 Å². The number of nitrogens with one attached hydrogen (secondary N) is 1. The van der Waals surface area contributed by atoms with E-state index >= 15 is 0 Å². The van der Waals surface area contributed by atoms with Crippen LogP contribution < -0.4 is 15.6 Å². The van der Waals surface area contributed by atoms with E-state index < -0.39 is 0 Å². The lowest BCUT2D eigenvalue weighted by Crippen LogP contribution is -2.27. The molecule has 0 saturated carbocycles. The number of anilines is 1. The molecule has 1 N–H and O–H groups in total. The van der Waals surface area contributed by atoms with Gasteiger partial charge in [0, 0.05) is 17.5 Å². The van der Waals surface area contributed by atoms with Gasteiger partial charge in [-0.2, -0.15) is 5.10 Å². The van der Waals surface area contributed by atoms with Crippen LogP contribution in [0.15, 0.2) is 65.5 Å². The highest BCUT2D eigenvalue weighted by Crippen LogP contribution is 2.21. The number of hydrogen-bond acceptors (Lipinski definition) is 4. The highest BCUT2D eigenvalue weighted by molar-refractivity contribution is 6.30. The number of methoxy groups -OCH3 is 1. The maximum atomic E-state index is 12.7. The number of aromatic nitrogens is 2. The molecule has 0 unspecified atom stereocenters. The zero-order valence-corrected chi connectivity index (χ0v) is 16.8. The molecule has 3 aromatic rings. The molecule has 0 bridgehead atoms. The zero-order valence-electron chi connectivity index (χ0n) is 16.1. The molecule has 2 aromatic carbocycles. The van der Waals surface area contributed by atoms with Crippen molar-refractivity contribution in [3.8, 4) is 17.0 Å². The summed E-state index contributed by atoms with van der Waals surface area (Å²) in [6.45, 7) is 1.61. The Morgan fingerprint density at radius 1 is 1.17 bits per heavy atom. The van der Waals surface area contributed by atoms with Gasteiger partial charge in [0.15, 0.2) is 0 Å². The van der Waals surface area contributed by atoms with Gasteiger partial charge in [-0.3, -0.25) is 9.59 Å². The van der Waals surface area contributed by atoms with Crippen molar-refractivity contribution in [2.24, 2.45) is 0 Å². The molecule has 1 heterocycles. The molecule has 1 aromatic heterocycles. The van der Waals surface area contributed by atoms with Crippen LogP contribution in [0.1, 0.15) is 12.5 Å². The average Bonchev–Trinajstić information content (AvgIpc) is 2.72. The third kappa shape index (κ3) is 5.33. The summed E-state index contributed by atoms with van der Waals surface area (Å²) in [7, 11) is 1.59. The molecule has 0 spiro atoms. The number of rotatable bonds is 6. The molecule has 0 aliphatic rings. The maximum absolute atomic E-state index is 12.7. The summed E-state index contributed by atoms with van der Waals surface area (Å²) in [4.78, 5) is 24.2. The normalized spacial score (nSPS) is 10.9. The van der Waals surface area contributed by atoms with Crippen molar-refractivity contribution in [1.82, 2.24) is 9.78 Å². The predicted octanol–water partition coefficient (Wildman–Crippen LogP) is 4.24. The predicted molar refractivity (Wildman–Crippen MR) is 115 cm³/mol. The minimum absolute atomic E-state index is 0.179. The highest BCUT2D eigenvalue weighted by Gasteiger charge is 2.11. The van der Waals surface area contributed by atoms with Crippen molar-refractivity contribution in [3.05, 3.63) is 81.6 Å². The SMILES string of the molecule is COc1ccc(-c2cc(NC(C)=O)c(=O)n(C/C=C/c3ccc(Cl)cc3)n2)cc1. The third-order valence-corrected chi connectivity index (χ3v) is 4.38. The van der Waals surface area contributed by atoms with Gasteiger partial charge in [0.25, 0.3) is 5.56 Å². The van der Waals surface area contributed by atoms with Gasteiger partial charge in [-0.15, -0.1) is 0 Å². The van der Waals surface area contributed by atoms with Crippen LogP contribution >= 0.6 is 11.6 Å². The van der Waals surface area contributed by atoms with E-state index in [1.165, 1.54) is 11.6 Å². The second-order valence-corrected chi connectivity index (χ2v) is 6.73. The Bertz CT molecular complexity index is 1090. The Balaban J connectivity index is 1.94. The summed E-state index contributed by atoms with van der Waals surface area (Å²) < 4.78 is 6.49. The summed E-state index contributed by atoms with van der Waals surface area (Å²) in [5, 5.41) is 7.70. The molecule has 0 aliphatic carbocycles. The van der Waals surface area contributed by atoms with Crippen LogP contribution in [0, 0.1) is 0 Å². The lowest BCUT2D eigenvalue weighted by Gasteiger charge is -2.10. The number of allylic oxidation sites excluding steroid dienone is 1. The van der Waals surface area contributed by atoms with Gasteiger partial charge in [-0.05, 0) is 48.0 Å². The molecule has 7 heteroatoms. The van der Waals surface area contributed by atoms with E-state index in [4.69, 9.17) is 16.3 Å². The molecule has 0 saturated heterocycles. The zero-order chi connectivity index (χ0) is 20.8. The van der Waals surface area contributed by atoms with Gasteiger partial charge in [-0.1, -0.05) is 35.9 Å². The highest BCUT2D eigenvalue weighted by atomic mass is 35.5. The van der Waals surface area contributed by atoms with Crippen molar-refractivity contribution >= 4 is 29.3 Å². The number of halogens is 1. The van der Waals surface area contributed by atoms with Gasteiger partial charge >= 0.3 is 0 Å². The summed E-state index contributed by atoms with van der Waals surface area (Å²) in [5.41, 5.74) is 2.12. The fourth-order valence-corrected chi connectivity index (χ4v) is 2.84. The molecule has 0 fully saturated rings. The van der Waals surface area contributed by atoms with Crippen LogP contribution in [0.2, 0.25) is 5.02 Å². The first-order valence-corrected chi connectivity index (χ1v) is 9.30. The number of hydrogen-bond donors (Lipinski definition) is 1. The molecule has 148 valence electrons. The summed E-state index contributed by atoms with van der Waals surface area (Å²) in [5.74, 6) is 0.396. The molecular formula is C22H20ClN3O3. The first-order valence-electron chi connectivity index (χ1n) is 8.92. The number of ether oxygens (including phenoxy) is 1. The quantitative estimate of drug-likeness (QED) is 0.660. The molecule has 29 heavy (non-hydrogen) atoms. The van der Waals surface area contributed by atoms with Gasteiger partial charge in [0.1, 0.15) is 11.4 Å². The maximum Gasteiger partial charge on any atom is 0.290 e. The van der Waals surface area contributed by atoms with Gasteiger partial charge in [0.05, 0.1) is 19.3 Å². The number of nitrogens with zero attached hydrogens (tertiary/aromatic N) is 2. The van der Waals surface area contributed by atoms with Crippen molar-refractivity contribution in [1.29, 1.82) is 0 Å². The standard InChI is InChI=1S/C22H20ClN3O3/c1-15(27)24-21-14-20(17-7-11-19(29-2)12-8-17)25-26(22(21)28)13-3-4-16-5-9-18(23)10-6-16/h3-12,14H,13H2,1-2H3,(H,24,27)/b4-3+. The Kier molecular flexibility index (Phi) is 6.46. The number of carbonyl (C=O) groups is 1. The largest absolute Gasteiger partial charge is 0.497 e. The average molecular weight is 410 g/mol. The van der Waals surface area contributed by atoms with Crippen molar-refractivity contribution in [3.63, 3.8) is 0 Å². The van der Waals surface area contributed by atoms with Crippen LogP contribution in [-0.4, -0.2) is 22.8 Å². The Morgan fingerprint density at radius 3 is 2.48 bits per heavy atom. The lowest BCUT2D eigenvalue weighted by molar-refractivity contribution is -0.114. The van der Waals surface area contributed by atoms with Crippen LogP contribution in [0.3, 0.4) is 0 Å². The van der Waals surface area contributed by atoms with Crippen LogP contribution in [0.4, 0.5) is 5.69 Å². The van der Waals surface area contributed by atoms with Gasteiger partial charge in [-0.25, -0.2) is 4.68 Å². The van der Waals surface area contributed by atoms with Gasteiger partial charge < -0.3 is 10.1 Å². The Labute approximate surface area is 173 Å². The minimum atomic E-state index is -0.377. The van der Waals surface area contributed by atoms with E-state index in [-0.39, 0.29) is 23.7 Å². The lowest BCUT2D eigenvalue weighted by atomic mass is 10.1. The van der Waals surface area contributed by atoms with Crippen molar-refractivity contribution in [2.75, 3.05) is 12.4 Å². The third-order valence-electron chi connectivity index (χ3n) is 4.13. The van der Waals surface area contributed by atoms with Crippen molar-refractivity contribution in [2.45, 2.75) is 13.5 Å². The number of carbonyl (C=O) groups excluding carboxylic acids is 1. The molecule has 0 aliphatic heterocycles. The molecule has 0 radical (unpaired) electrons.